The number of aromatic nitrogens is 2. The number of hydrogen-bond donors (Lipinski definition) is 2. The molecule has 27 heavy (non-hydrogen) atoms. The molecule has 0 aliphatic rings. The molecule has 0 aliphatic heterocycles. The molecule has 0 amide bonds. The molecule has 142 valence electrons. The number of amidine groups is 1. The van der Waals surface area contributed by atoms with E-state index in [1.54, 1.807) is 10.6 Å². The summed E-state index contributed by atoms with van der Waals surface area (Å²) < 4.78 is 1.69. The van der Waals surface area contributed by atoms with Crippen molar-refractivity contribution in [2.24, 2.45) is 5.73 Å². The number of aryl methyl sites for hydroxylation is 2. The molecule has 3 N–H and O–H groups in total. The Morgan fingerprint density at radius 1 is 1.30 bits per heavy atom. The third-order valence-corrected chi connectivity index (χ3v) is 4.65. The molecule has 7 heteroatoms. The van der Waals surface area contributed by atoms with Crippen molar-refractivity contribution in [1.82, 2.24) is 9.55 Å². The van der Waals surface area contributed by atoms with Crippen molar-refractivity contribution in [3.63, 3.8) is 0 Å². The summed E-state index contributed by atoms with van der Waals surface area (Å²) >= 11 is 6.20. The van der Waals surface area contributed by atoms with Gasteiger partial charge in [-0.15, -0.1) is 12.4 Å². The molecule has 0 fully saturated rings. The summed E-state index contributed by atoms with van der Waals surface area (Å²) in [5.41, 5.74) is 9.31. The highest BCUT2D eigenvalue weighted by atomic mass is 35.5. The van der Waals surface area contributed by atoms with Crippen LogP contribution in [0.3, 0.4) is 0 Å². The fraction of sp³-hybridized carbons (Fsp3) is 0.250. The molecule has 5 nitrogen and oxygen atoms in total. The summed E-state index contributed by atoms with van der Waals surface area (Å²) in [6.45, 7) is 4.36. The number of nitrogens with zero attached hydrogens (tertiary/aromatic N) is 2. The van der Waals surface area contributed by atoms with E-state index < -0.39 is 0 Å². The lowest BCUT2D eigenvalue weighted by Gasteiger charge is -2.17. The lowest BCUT2D eigenvalue weighted by atomic mass is 9.94. The SMILES string of the molecule is CCn1c(=O)c(CCC(=N)N)c(-c2cccc(Cl)c2)c2ccc(C)nc21.Cl. The summed E-state index contributed by atoms with van der Waals surface area (Å²) in [5.74, 6) is 0.0617. The third-order valence-electron chi connectivity index (χ3n) is 4.42. The number of benzene rings is 1. The molecule has 3 rings (SSSR count). The van der Waals surface area contributed by atoms with Gasteiger partial charge >= 0.3 is 0 Å². The number of fused-ring (bicyclic) bond motifs is 1. The highest BCUT2D eigenvalue weighted by Crippen LogP contribution is 2.32. The number of nitrogens with one attached hydrogen (secondary N) is 1. The number of hydrogen-bond acceptors (Lipinski definition) is 3. The fourth-order valence-corrected chi connectivity index (χ4v) is 3.42. The Morgan fingerprint density at radius 2 is 2.04 bits per heavy atom. The maximum absolute atomic E-state index is 13.2. The molecule has 0 radical (unpaired) electrons. The molecule has 0 saturated carbocycles. The van der Waals surface area contributed by atoms with E-state index in [9.17, 15) is 4.79 Å². The van der Waals surface area contributed by atoms with Crippen LogP contribution in [0.5, 0.6) is 0 Å². The molecular weight excluding hydrogens is 383 g/mol. The number of nitrogens with two attached hydrogens (primary N) is 1. The van der Waals surface area contributed by atoms with Gasteiger partial charge in [0.2, 0.25) is 0 Å². The Kier molecular flexibility index (Phi) is 6.63. The van der Waals surface area contributed by atoms with Gasteiger partial charge in [-0.25, -0.2) is 4.98 Å². The van der Waals surface area contributed by atoms with E-state index in [0.717, 1.165) is 22.2 Å². The third kappa shape index (κ3) is 4.15. The molecule has 0 spiro atoms. The molecule has 0 aliphatic carbocycles. The van der Waals surface area contributed by atoms with Crippen molar-refractivity contribution in [2.45, 2.75) is 33.2 Å². The van der Waals surface area contributed by atoms with Gasteiger partial charge in [0.25, 0.3) is 5.56 Å². The van der Waals surface area contributed by atoms with E-state index in [2.05, 4.69) is 4.98 Å². The first kappa shape index (κ1) is 20.9. The second-order valence-corrected chi connectivity index (χ2v) is 6.70. The molecule has 0 bridgehead atoms. The smallest absolute Gasteiger partial charge is 0.256 e. The molecule has 1 aromatic carbocycles. The Hall–Kier alpha value is -2.37. The van der Waals surface area contributed by atoms with E-state index in [4.69, 9.17) is 22.7 Å². The molecule has 2 heterocycles. The zero-order valence-electron chi connectivity index (χ0n) is 15.3. The largest absolute Gasteiger partial charge is 0.388 e. The highest BCUT2D eigenvalue weighted by molar-refractivity contribution is 6.30. The molecule has 0 atom stereocenters. The van der Waals surface area contributed by atoms with Crippen LogP contribution in [-0.2, 0) is 13.0 Å². The number of rotatable bonds is 5. The standard InChI is InChI=1S/C20H21ClN4O.ClH/c1-3-25-19-15(8-7-12(2)24-19)18(13-5-4-6-14(21)11-13)16(20(25)26)9-10-17(22)23;/h4-8,11H,3,9-10H2,1-2H3,(H3,22,23);1H. The monoisotopic (exact) mass is 404 g/mol. The van der Waals surface area contributed by atoms with Gasteiger partial charge in [0.05, 0.1) is 5.84 Å². The lowest BCUT2D eigenvalue weighted by molar-refractivity contribution is 0.736. The minimum Gasteiger partial charge on any atom is -0.388 e. The Morgan fingerprint density at radius 3 is 2.67 bits per heavy atom. The van der Waals surface area contributed by atoms with Crippen molar-refractivity contribution in [2.75, 3.05) is 0 Å². The summed E-state index contributed by atoms with van der Waals surface area (Å²) in [6.07, 6.45) is 0.733. The van der Waals surface area contributed by atoms with Gasteiger partial charge in [0.1, 0.15) is 5.65 Å². The summed E-state index contributed by atoms with van der Waals surface area (Å²) in [4.78, 5) is 17.8. The van der Waals surface area contributed by atoms with Crippen LogP contribution in [0.15, 0.2) is 41.2 Å². The van der Waals surface area contributed by atoms with E-state index in [1.807, 2.05) is 44.2 Å². The molecular formula is C20H22Cl2N4O. The van der Waals surface area contributed by atoms with Crippen LogP contribution < -0.4 is 11.3 Å². The van der Waals surface area contributed by atoms with Gasteiger partial charge in [-0.2, -0.15) is 0 Å². The predicted molar refractivity (Wildman–Crippen MR) is 114 cm³/mol. The van der Waals surface area contributed by atoms with Crippen LogP contribution >= 0.6 is 24.0 Å². The Bertz CT molecular complexity index is 1060. The summed E-state index contributed by atoms with van der Waals surface area (Å²) in [5, 5.41) is 9.05. The normalized spacial score (nSPS) is 10.6. The average molecular weight is 405 g/mol. The first-order valence-electron chi connectivity index (χ1n) is 8.54. The van der Waals surface area contributed by atoms with E-state index >= 15 is 0 Å². The topological polar surface area (TPSA) is 84.8 Å². The first-order valence-corrected chi connectivity index (χ1v) is 8.92. The van der Waals surface area contributed by atoms with Gasteiger partial charge in [0.15, 0.2) is 0 Å². The molecule has 0 unspecified atom stereocenters. The zero-order valence-corrected chi connectivity index (χ0v) is 16.8. The average Bonchev–Trinajstić information content (AvgIpc) is 2.59. The summed E-state index contributed by atoms with van der Waals surface area (Å²) in [6, 6.07) is 11.4. The number of pyridine rings is 2. The van der Waals surface area contributed by atoms with E-state index in [-0.39, 0.29) is 23.8 Å². The van der Waals surface area contributed by atoms with Gasteiger partial charge < -0.3 is 5.73 Å². The molecule has 0 saturated heterocycles. The van der Waals surface area contributed by atoms with Gasteiger partial charge in [-0.1, -0.05) is 23.7 Å². The fourth-order valence-electron chi connectivity index (χ4n) is 3.23. The van der Waals surface area contributed by atoms with Gasteiger partial charge in [0, 0.05) is 40.2 Å². The van der Waals surface area contributed by atoms with Crippen molar-refractivity contribution in [3.8, 4) is 11.1 Å². The maximum Gasteiger partial charge on any atom is 0.256 e. The highest BCUT2D eigenvalue weighted by Gasteiger charge is 2.19. The number of halogens is 2. The van der Waals surface area contributed by atoms with Gasteiger partial charge in [-0.05, 0) is 50.1 Å². The Labute approximate surface area is 169 Å². The summed E-state index contributed by atoms with van der Waals surface area (Å²) in [7, 11) is 0. The van der Waals surface area contributed by atoms with Crippen LogP contribution in [0.4, 0.5) is 0 Å². The quantitative estimate of drug-likeness (QED) is 0.489. The lowest BCUT2D eigenvalue weighted by Crippen LogP contribution is -2.26. The molecule has 3 aromatic rings. The second kappa shape index (κ2) is 8.55. The maximum atomic E-state index is 13.2. The first-order chi connectivity index (χ1) is 12.4. The van der Waals surface area contributed by atoms with Crippen LogP contribution in [0, 0.1) is 12.3 Å². The van der Waals surface area contributed by atoms with Crippen LogP contribution in [0.25, 0.3) is 22.2 Å². The van der Waals surface area contributed by atoms with Crippen molar-refractivity contribution in [1.29, 1.82) is 5.41 Å². The van der Waals surface area contributed by atoms with E-state index in [0.29, 0.717) is 35.6 Å². The predicted octanol–water partition coefficient (Wildman–Crippen LogP) is 4.34. The van der Waals surface area contributed by atoms with Crippen molar-refractivity contribution in [3.05, 3.63) is 63.0 Å². The van der Waals surface area contributed by atoms with Crippen molar-refractivity contribution < 1.29 is 0 Å². The van der Waals surface area contributed by atoms with Gasteiger partial charge in [-0.3, -0.25) is 14.8 Å². The van der Waals surface area contributed by atoms with Crippen molar-refractivity contribution >= 4 is 40.9 Å². The van der Waals surface area contributed by atoms with Crippen LogP contribution in [0.2, 0.25) is 5.02 Å². The zero-order chi connectivity index (χ0) is 18.8. The van der Waals surface area contributed by atoms with Crippen LogP contribution in [-0.4, -0.2) is 15.4 Å². The Balaban J connectivity index is 0.00000261. The van der Waals surface area contributed by atoms with Crippen LogP contribution in [0.1, 0.15) is 24.6 Å². The molecule has 2 aromatic heterocycles. The second-order valence-electron chi connectivity index (χ2n) is 6.26. The van der Waals surface area contributed by atoms with E-state index in [1.165, 1.54) is 0 Å². The minimum atomic E-state index is -0.0886. The minimum absolute atomic E-state index is 0.